The number of anilines is 2. The van der Waals surface area contributed by atoms with Crippen molar-refractivity contribution in [1.29, 1.82) is 0 Å². The van der Waals surface area contributed by atoms with E-state index in [-0.39, 0.29) is 0 Å². The van der Waals surface area contributed by atoms with Crippen molar-refractivity contribution in [3.63, 3.8) is 0 Å². The van der Waals surface area contributed by atoms with Gasteiger partial charge in [-0.05, 0) is 13.8 Å². The third kappa shape index (κ3) is 3.58. The molecule has 84 valence electrons. The summed E-state index contributed by atoms with van der Waals surface area (Å²) in [5.41, 5.74) is 0. The molecule has 0 aliphatic heterocycles. The molecule has 0 aromatic carbocycles. The molecule has 4 nitrogen and oxygen atoms in total. The maximum atomic E-state index is 4.25. The van der Waals surface area contributed by atoms with Crippen LogP contribution in [0.5, 0.6) is 0 Å². The van der Waals surface area contributed by atoms with Crippen LogP contribution in [0.15, 0.2) is 12.4 Å². The van der Waals surface area contributed by atoms with Crippen LogP contribution in [0.3, 0.4) is 0 Å². The minimum absolute atomic E-state index is 0.796. The lowest BCUT2D eigenvalue weighted by molar-refractivity contribution is 0.841. The van der Waals surface area contributed by atoms with Gasteiger partial charge in [0.15, 0.2) is 0 Å². The normalized spacial score (nSPS) is 10.1. The summed E-state index contributed by atoms with van der Waals surface area (Å²) in [5, 5.41) is 3.18. The molecule has 0 aliphatic rings. The summed E-state index contributed by atoms with van der Waals surface area (Å²) in [5.74, 6) is 2.63. The van der Waals surface area contributed by atoms with Crippen molar-refractivity contribution in [3.8, 4) is 0 Å². The van der Waals surface area contributed by atoms with Crippen molar-refractivity contribution in [3.05, 3.63) is 12.4 Å². The van der Waals surface area contributed by atoms with Crippen LogP contribution in [0.25, 0.3) is 0 Å². The summed E-state index contributed by atoms with van der Waals surface area (Å²) in [6.45, 7) is 6.97. The van der Waals surface area contributed by atoms with Gasteiger partial charge >= 0.3 is 0 Å². The SMILES string of the molecule is CCN(CC)c1cc(NCCS)ncn1. The van der Waals surface area contributed by atoms with Gasteiger partial charge in [0.05, 0.1) is 0 Å². The molecule has 1 aromatic rings. The van der Waals surface area contributed by atoms with E-state index in [4.69, 9.17) is 0 Å². The van der Waals surface area contributed by atoms with E-state index in [1.807, 2.05) is 6.07 Å². The van der Waals surface area contributed by atoms with Crippen LogP contribution < -0.4 is 10.2 Å². The highest BCUT2D eigenvalue weighted by Gasteiger charge is 2.04. The Kier molecular flexibility index (Phi) is 5.25. The fourth-order valence-corrected chi connectivity index (χ4v) is 1.46. The largest absolute Gasteiger partial charge is 0.369 e. The Morgan fingerprint density at radius 3 is 2.67 bits per heavy atom. The fourth-order valence-electron chi connectivity index (χ4n) is 1.35. The van der Waals surface area contributed by atoms with Crippen LogP contribution >= 0.6 is 12.6 Å². The second-order valence-electron chi connectivity index (χ2n) is 3.08. The molecule has 0 atom stereocenters. The minimum Gasteiger partial charge on any atom is -0.369 e. The second kappa shape index (κ2) is 6.50. The summed E-state index contributed by atoms with van der Waals surface area (Å²) in [6.07, 6.45) is 1.59. The van der Waals surface area contributed by atoms with Crippen LogP contribution in [0.1, 0.15) is 13.8 Å². The molecule has 0 spiro atoms. The summed E-state index contributed by atoms with van der Waals surface area (Å²) in [6, 6.07) is 1.97. The predicted molar refractivity (Wildman–Crippen MR) is 67.9 cm³/mol. The maximum absolute atomic E-state index is 4.25. The van der Waals surface area contributed by atoms with Gasteiger partial charge in [-0.25, -0.2) is 9.97 Å². The Morgan fingerprint density at radius 2 is 2.07 bits per heavy atom. The van der Waals surface area contributed by atoms with E-state index in [0.29, 0.717) is 0 Å². The molecular formula is C10H18N4S. The minimum atomic E-state index is 0.796. The molecule has 1 N–H and O–H groups in total. The van der Waals surface area contributed by atoms with Gasteiger partial charge < -0.3 is 10.2 Å². The van der Waals surface area contributed by atoms with Crippen LogP contribution in [-0.2, 0) is 0 Å². The summed E-state index contributed by atoms with van der Waals surface area (Å²) < 4.78 is 0. The molecule has 1 aromatic heterocycles. The van der Waals surface area contributed by atoms with E-state index < -0.39 is 0 Å². The van der Waals surface area contributed by atoms with Gasteiger partial charge in [0.25, 0.3) is 0 Å². The van der Waals surface area contributed by atoms with Crippen molar-refractivity contribution in [2.24, 2.45) is 0 Å². The standard InChI is InChI=1S/C10H18N4S/c1-3-14(4-2)10-7-9(11-5-6-15)12-8-13-10/h7-8,15H,3-6H2,1-2H3,(H,11,12,13). The number of nitrogens with one attached hydrogen (secondary N) is 1. The molecule has 1 rings (SSSR count). The molecule has 0 bridgehead atoms. The average Bonchev–Trinajstić information content (AvgIpc) is 2.29. The highest BCUT2D eigenvalue weighted by molar-refractivity contribution is 7.80. The monoisotopic (exact) mass is 226 g/mol. The molecule has 5 heteroatoms. The molecule has 0 unspecified atom stereocenters. The predicted octanol–water partition coefficient (Wildman–Crippen LogP) is 1.66. The van der Waals surface area contributed by atoms with Gasteiger partial charge in [-0.2, -0.15) is 12.6 Å². The van der Waals surface area contributed by atoms with Crippen LogP contribution in [0.2, 0.25) is 0 Å². The van der Waals surface area contributed by atoms with Crippen molar-refractivity contribution in [2.75, 3.05) is 35.6 Å². The van der Waals surface area contributed by atoms with E-state index in [1.54, 1.807) is 6.33 Å². The van der Waals surface area contributed by atoms with E-state index in [2.05, 4.69) is 46.7 Å². The number of aromatic nitrogens is 2. The molecule has 0 radical (unpaired) electrons. The second-order valence-corrected chi connectivity index (χ2v) is 3.53. The van der Waals surface area contributed by atoms with E-state index >= 15 is 0 Å². The van der Waals surface area contributed by atoms with E-state index in [9.17, 15) is 0 Å². The van der Waals surface area contributed by atoms with Gasteiger partial charge in [0.2, 0.25) is 0 Å². The molecule has 0 saturated heterocycles. The van der Waals surface area contributed by atoms with Crippen LogP contribution in [0, 0.1) is 0 Å². The van der Waals surface area contributed by atoms with E-state index in [0.717, 1.165) is 37.0 Å². The van der Waals surface area contributed by atoms with Crippen molar-refractivity contribution in [2.45, 2.75) is 13.8 Å². The molecule has 15 heavy (non-hydrogen) atoms. The fraction of sp³-hybridized carbons (Fsp3) is 0.600. The first-order valence-electron chi connectivity index (χ1n) is 5.23. The zero-order valence-electron chi connectivity index (χ0n) is 9.27. The van der Waals surface area contributed by atoms with Gasteiger partial charge in [-0.3, -0.25) is 0 Å². The summed E-state index contributed by atoms with van der Waals surface area (Å²) in [7, 11) is 0. The third-order valence-corrected chi connectivity index (χ3v) is 2.38. The maximum Gasteiger partial charge on any atom is 0.134 e. The average molecular weight is 226 g/mol. The summed E-state index contributed by atoms with van der Waals surface area (Å²) >= 11 is 4.14. The molecule has 0 fully saturated rings. The van der Waals surface area contributed by atoms with Crippen molar-refractivity contribution in [1.82, 2.24) is 9.97 Å². The van der Waals surface area contributed by atoms with Gasteiger partial charge in [-0.1, -0.05) is 0 Å². The topological polar surface area (TPSA) is 41.0 Å². The highest BCUT2D eigenvalue weighted by Crippen LogP contribution is 2.13. The van der Waals surface area contributed by atoms with E-state index in [1.165, 1.54) is 0 Å². The molecule has 1 heterocycles. The van der Waals surface area contributed by atoms with Crippen LogP contribution in [-0.4, -0.2) is 35.4 Å². The first kappa shape index (κ1) is 12.1. The zero-order chi connectivity index (χ0) is 11.1. The number of nitrogens with zero attached hydrogens (tertiary/aromatic N) is 3. The van der Waals surface area contributed by atoms with Crippen molar-refractivity contribution < 1.29 is 0 Å². The number of rotatable bonds is 6. The Hall–Kier alpha value is -0.970. The van der Waals surface area contributed by atoms with Crippen molar-refractivity contribution >= 4 is 24.3 Å². The smallest absolute Gasteiger partial charge is 0.134 e. The molecule has 0 aliphatic carbocycles. The molecule has 0 saturated carbocycles. The quantitative estimate of drug-likeness (QED) is 0.724. The first-order chi connectivity index (χ1) is 7.31. The Balaban J connectivity index is 2.72. The lowest BCUT2D eigenvalue weighted by Gasteiger charge is -2.19. The highest BCUT2D eigenvalue weighted by atomic mass is 32.1. The van der Waals surface area contributed by atoms with Crippen LogP contribution in [0.4, 0.5) is 11.6 Å². The lowest BCUT2D eigenvalue weighted by atomic mass is 10.4. The number of thiol groups is 1. The lowest BCUT2D eigenvalue weighted by Crippen LogP contribution is -2.23. The first-order valence-corrected chi connectivity index (χ1v) is 5.86. The summed E-state index contributed by atoms with van der Waals surface area (Å²) in [4.78, 5) is 10.6. The van der Waals surface area contributed by atoms with Gasteiger partial charge in [-0.15, -0.1) is 0 Å². The number of hydrogen-bond acceptors (Lipinski definition) is 5. The Labute approximate surface area is 96.5 Å². The van der Waals surface area contributed by atoms with Gasteiger partial charge in [0, 0.05) is 31.5 Å². The zero-order valence-corrected chi connectivity index (χ0v) is 10.2. The molecular weight excluding hydrogens is 208 g/mol. The molecule has 0 amide bonds. The Morgan fingerprint density at radius 1 is 1.33 bits per heavy atom. The Bertz CT molecular complexity index is 289. The number of hydrogen-bond donors (Lipinski definition) is 2. The van der Waals surface area contributed by atoms with Gasteiger partial charge in [0.1, 0.15) is 18.0 Å². The third-order valence-electron chi connectivity index (χ3n) is 2.16.